The third-order valence-electron chi connectivity index (χ3n) is 3.84. The second kappa shape index (κ2) is 8.25. The molecule has 0 bridgehead atoms. The summed E-state index contributed by atoms with van der Waals surface area (Å²) in [5.41, 5.74) is 5.86. The quantitative estimate of drug-likeness (QED) is 0.583. The highest BCUT2D eigenvalue weighted by Crippen LogP contribution is 2.23. The number of hydrogen-bond acceptors (Lipinski definition) is 8. The van der Waals surface area contributed by atoms with Crippen LogP contribution in [0.2, 0.25) is 0 Å². The maximum Gasteiger partial charge on any atom is 0.243 e. The van der Waals surface area contributed by atoms with Crippen molar-refractivity contribution >= 4 is 39.3 Å². The summed E-state index contributed by atoms with van der Waals surface area (Å²) in [5, 5.41) is 8.95. The van der Waals surface area contributed by atoms with Crippen molar-refractivity contribution in [2.75, 3.05) is 37.4 Å². The zero-order valence-electron chi connectivity index (χ0n) is 14.6. The predicted octanol–water partition coefficient (Wildman–Crippen LogP) is 0.527. The zero-order valence-corrected chi connectivity index (χ0v) is 16.2. The molecule has 1 amide bonds. The number of benzene rings is 1. The van der Waals surface area contributed by atoms with Crippen molar-refractivity contribution in [2.24, 2.45) is 0 Å². The van der Waals surface area contributed by atoms with E-state index in [-0.39, 0.29) is 16.8 Å². The second-order valence-corrected chi connectivity index (χ2v) is 9.04. The Morgan fingerprint density at radius 3 is 2.81 bits per heavy atom. The van der Waals surface area contributed by atoms with Gasteiger partial charge >= 0.3 is 0 Å². The molecule has 2 aromatic rings. The Kier molecular flexibility index (Phi) is 5.99. The number of ether oxygens (including phenoxy) is 1. The van der Waals surface area contributed by atoms with Gasteiger partial charge in [0.2, 0.25) is 27.0 Å². The number of H-pyrrole nitrogens is 1. The highest BCUT2D eigenvalue weighted by molar-refractivity contribution is 8.00. The summed E-state index contributed by atoms with van der Waals surface area (Å²) < 4.78 is 32.0. The van der Waals surface area contributed by atoms with E-state index in [1.165, 1.54) is 16.4 Å². The summed E-state index contributed by atoms with van der Waals surface area (Å²) in [6, 6.07) is 6.19. The molecule has 1 aliphatic rings. The van der Waals surface area contributed by atoms with Gasteiger partial charge in [-0.2, -0.15) is 9.29 Å². The Balaban J connectivity index is 1.68. The van der Waals surface area contributed by atoms with E-state index < -0.39 is 15.3 Å². The van der Waals surface area contributed by atoms with E-state index in [9.17, 15) is 13.2 Å². The molecule has 12 heteroatoms. The van der Waals surface area contributed by atoms with Crippen LogP contribution in [0.1, 0.15) is 6.92 Å². The number of hydrogen-bond donors (Lipinski definition) is 3. The van der Waals surface area contributed by atoms with Gasteiger partial charge in [-0.3, -0.25) is 4.79 Å². The molecule has 1 fully saturated rings. The summed E-state index contributed by atoms with van der Waals surface area (Å²) >= 11 is 1.14. The lowest BCUT2D eigenvalue weighted by atomic mass is 10.3. The number of nitrogen functional groups attached to an aromatic ring is 1. The molecule has 0 radical (unpaired) electrons. The lowest BCUT2D eigenvalue weighted by Crippen LogP contribution is -2.40. The van der Waals surface area contributed by atoms with Crippen molar-refractivity contribution in [1.29, 1.82) is 0 Å². The molecular weight excluding hydrogens is 392 g/mol. The molecule has 1 aliphatic heterocycles. The number of nitrogens with one attached hydrogen (secondary N) is 2. The second-order valence-electron chi connectivity index (χ2n) is 5.80. The zero-order chi connectivity index (χ0) is 19.4. The Morgan fingerprint density at radius 2 is 2.15 bits per heavy atom. The van der Waals surface area contributed by atoms with E-state index in [1.54, 1.807) is 19.1 Å². The summed E-state index contributed by atoms with van der Waals surface area (Å²) in [7, 11) is -3.63. The molecule has 2 heterocycles. The van der Waals surface area contributed by atoms with Crippen LogP contribution in [0.5, 0.6) is 0 Å². The normalized spacial score (nSPS) is 16.8. The molecule has 3 rings (SSSR count). The third kappa shape index (κ3) is 4.77. The smallest absolute Gasteiger partial charge is 0.243 e. The molecule has 10 nitrogen and oxygen atoms in total. The summed E-state index contributed by atoms with van der Waals surface area (Å²) in [5.74, 6) is -0.129. The Labute approximate surface area is 160 Å². The number of aromatic nitrogens is 3. The van der Waals surface area contributed by atoms with Crippen LogP contribution in [0.25, 0.3) is 0 Å². The topological polar surface area (TPSA) is 143 Å². The molecule has 1 aromatic carbocycles. The van der Waals surface area contributed by atoms with Gasteiger partial charge in [0.15, 0.2) is 0 Å². The number of nitrogens with two attached hydrogens (primary N) is 1. The van der Waals surface area contributed by atoms with Crippen LogP contribution in [-0.4, -0.2) is 65.4 Å². The van der Waals surface area contributed by atoms with E-state index in [0.717, 1.165) is 11.8 Å². The molecule has 1 aromatic heterocycles. The molecular formula is C15H20N6O4S2. The molecule has 0 saturated carbocycles. The van der Waals surface area contributed by atoms with Crippen molar-refractivity contribution in [3.8, 4) is 0 Å². The molecule has 0 aliphatic carbocycles. The van der Waals surface area contributed by atoms with E-state index in [0.29, 0.717) is 37.1 Å². The minimum atomic E-state index is -3.63. The average molecular weight is 412 g/mol. The first-order chi connectivity index (χ1) is 12.9. The van der Waals surface area contributed by atoms with Crippen LogP contribution < -0.4 is 11.1 Å². The Morgan fingerprint density at radius 1 is 1.41 bits per heavy atom. The van der Waals surface area contributed by atoms with Crippen molar-refractivity contribution in [2.45, 2.75) is 22.2 Å². The minimum Gasteiger partial charge on any atom is -0.379 e. The summed E-state index contributed by atoms with van der Waals surface area (Å²) in [4.78, 5) is 16.4. The molecule has 1 atom stereocenters. The molecule has 146 valence electrons. The van der Waals surface area contributed by atoms with E-state index in [1.807, 2.05) is 0 Å². The standard InChI is InChI=1S/C15H20N6O4S2/c1-10(26-15-18-14(16)19-20-15)13(22)17-11-3-2-4-12(9-11)27(23,24)21-5-7-25-8-6-21/h2-4,9-10H,5-8H2,1H3,(H,17,22)(H3,16,18,19,20)/t10-/m1/s1. The molecule has 4 N–H and O–H groups in total. The fraction of sp³-hybridized carbons (Fsp3) is 0.400. The number of amides is 1. The fourth-order valence-corrected chi connectivity index (χ4v) is 4.62. The van der Waals surface area contributed by atoms with Crippen LogP contribution in [-0.2, 0) is 19.6 Å². The molecule has 0 spiro atoms. The number of carbonyl (C=O) groups excluding carboxylic acids is 1. The molecule has 27 heavy (non-hydrogen) atoms. The van der Waals surface area contributed by atoms with Gasteiger partial charge in [-0.15, -0.1) is 5.10 Å². The van der Waals surface area contributed by atoms with E-state index in [4.69, 9.17) is 10.5 Å². The summed E-state index contributed by atoms with van der Waals surface area (Å²) in [6.45, 7) is 3.06. The molecule has 1 saturated heterocycles. The lowest BCUT2D eigenvalue weighted by molar-refractivity contribution is -0.115. The number of thioether (sulfide) groups is 1. The molecule has 0 unspecified atom stereocenters. The number of aromatic amines is 1. The third-order valence-corrected chi connectivity index (χ3v) is 6.70. The van der Waals surface area contributed by atoms with Crippen LogP contribution in [0.15, 0.2) is 34.3 Å². The first-order valence-electron chi connectivity index (χ1n) is 8.19. The number of sulfonamides is 1. The number of nitrogens with zero attached hydrogens (tertiary/aromatic N) is 3. The van der Waals surface area contributed by atoms with Gasteiger partial charge in [0.25, 0.3) is 0 Å². The van der Waals surface area contributed by atoms with Gasteiger partial charge in [-0.05, 0) is 25.1 Å². The summed E-state index contributed by atoms with van der Waals surface area (Å²) in [6.07, 6.45) is 0. The van der Waals surface area contributed by atoms with E-state index in [2.05, 4.69) is 20.5 Å². The number of anilines is 2. The largest absolute Gasteiger partial charge is 0.379 e. The first-order valence-corrected chi connectivity index (χ1v) is 10.5. The number of rotatable bonds is 6. The van der Waals surface area contributed by atoms with Gasteiger partial charge in [-0.25, -0.2) is 13.5 Å². The fourth-order valence-electron chi connectivity index (χ4n) is 2.44. The lowest BCUT2D eigenvalue weighted by Gasteiger charge is -2.26. The van der Waals surface area contributed by atoms with Gasteiger partial charge in [-0.1, -0.05) is 17.8 Å². The van der Waals surface area contributed by atoms with Crippen LogP contribution >= 0.6 is 11.8 Å². The van der Waals surface area contributed by atoms with Crippen molar-refractivity contribution < 1.29 is 17.9 Å². The van der Waals surface area contributed by atoms with Crippen LogP contribution in [0, 0.1) is 0 Å². The maximum atomic E-state index is 12.7. The number of morpholine rings is 1. The highest BCUT2D eigenvalue weighted by Gasteiger charge is 2.26. The van der Waals surface area contributed by atoms with Crippen molar-refractivity contribution in [3.05, 3.63) is 24.3 Å². The SMILES string of the molecule is C[C@@H](Sc1n[nH]c(N)n1)C(=O)Nc1cccc(S(=O)(=O)N2CCOCC2)c1. The van der Waals surface area contributed by atoms with Crippen molar-refractivity contribution in [1.82, 2.24) is 19.5 Å². The first kappa shape index (κ1) is 19.6. The van der Waals surface area contributed by atoms with Crippen LogP contribution in [0.4, 0.5) is 11.6 Å². The van der Waals surface area contributed by atoms with Crippen molar-refractivity contribution in [3.63, 3.8) is 0 Å². The van der Waals surface area contributed by atoms with Crippen LogP contribution in [0.3, 0.4) is 0 Å². The Hall–Kier alpha value is -2.15. The number of carbonyl (C=O) groups is 1. The van der Waals surface area contributed by atoms with Gasteiger partial charge in [0.05, 0.1) is 23.4 Å². The predicted molar refractivity (Wildman–Crippen MR) is 101 cm³/mol. The maximum absolute atomic E-state index is 12.7. The average Bonchev–Trinajstić information content (AvgIpc) is 3.07. The van der Waals surface area contributed by atoms with Gasteiger partial charge < -0.3 is 15.8 Å². The minimum absolute atomic E-state index is 0.129. The van der Waals surface area contributed by atoms with Gasteiger partial charge in [0.1, 0.15) is 0 Å². The highest BCUT2D eigenvalue weighted by atomic mass is 32.2. The Bertz CT molecular complexity index is 911. The van der Waals surface area contributed by atoms with E-state index >= 15 is 0 Å². The monoisotopic (exact) mass is 412 g/mol. The van der Waals surface area contributed by atoms with Gasteiger partial charge in [0, 0.05) is 18.8 Å².